The zero-order valence-corrected chi connectivity index (χ0v) is 8.48. The number of aliphatic hydroxyl groups excluding tert-OH is 1. The Morgan fingerprint density at radius 1 is 1.79 bits per heavy atom. The third kappa shape index (κ3) is 2.13. The van der Waals surface area contributed by atoms with Crippen molar-refractivity contribution in [2.75, 3.05) is 6.54 Å². The lowest BCUT2D eigenvalue weighted by Crippen LogP contribution is -2.23. The number of aliphatic hydroxyl groups is 1. The molecule has 0 aromatic carbocycles. The molecule has 2 atom stereocenters. The molecule has 2 heterocycles. The molecule has 0 saturated carbocycles. The van der Waals surface area contributed by atoms with Gasteiger partial charge < -0.3 is 10.4 Å². The van der Waals surface area contributed by atoms with Crippen LogP contribution < -0.4 is 5.32 Å². The zero-order valence-electron chi connectivity index (χ0n) is 8.48. The molecule has 0 spiro atoms. The lowest BCUT2D eigenvalue weighted by atomic mass is 10.0. The van der Waals surface area contributed by atoms with Crippen molar-refractivity contribution in [1.82, 2.24) is 15.1 Å². The molecule has 1 fully saturated rings. The second-order valence-corrected chi connectivity index (χ2v) is 3.99. The quantitative estimate of drug-likeness (QED) is 0.742. The van der Waals surface area contributed by atoms with Crippen molar-refractivity contribution in [2.24, 2.45) is 7.05 Å². The minimum atomic E-state index is -0.376. The van der Waals surface area contributed by atoms with Crippen LogP contribution in [0.3, 0.4) is 0 Å². The Labute approximate surface area is 83.9 Å². The smallest absolute Gasteiger partial charge is 0.0835 e. The summed E-state index contributed by atoms with van der Waals surface area (Å²) in [6.07, 6.45) is 6.44. The molecule has 4 nitrogen and oxygen atoms in total. The van der Waals surface area contributed by atoms with Crippen LogP contribution in [-0.2, 0) is 7.05 Å². The number of aromatic nitrogens is 2. The Morgan fingerprint density at radius 3 is 3.21 bits per heavy atom. The van der Waals surface area contributed by atoms with Crippen molar-refractivity contribution in [3.8, 4) is 0 Å². The van der Waals surface area contributed by atoms with E-state index >= 15 is 0 Å². The highest BCUT2D eigenvalue weighted by Gasteiger charge is 2.19. The minimum Gasteiger partial charge on any atom is -0.388 e. The maximum Gasteiger partial charge on any atom is 0.0835 e. The zero-order chi connectivity index (χ0) is 9.97. The third-order valence-corrected chi connectivity index (χ3v) is 2.78. The van der Waals surface area contributed by atoms with Gasteiger partial charge in [-0.25, -0.2) is 0 Å². The average molecular weight is 195 g/mol. The SMILES string of the molecule is Cn1cc(C(O)CC2CCCN2)cn1. The van der Waals surface area contributed by atoms with Crippen LogP contribution in [0.4, 0.5) is 0 Å². The first-order valence-corrected chi connectivity index (χ1v) is 5.15. The molecule has 2 N–H and O–H groups in total. The van der Waals surface area contributed by atoms with Crippen molar-refractivity contribution >= 4 is 0 Å². The molecule has 1 aliphatic rings. The van der Waals surface area contributed by atoms with Crippen LogP contribution in [0, 0.1) is 0 Å². The molecule has 0 amide bonds. The summed E-state index contributed by atoms with van der Waals surface area (Å²) in [5.74, 6) is 0. The van der Waals surface area contributed by atoms with Gasteiger partial charge in [0.05, 0.1) is 12.3 Å². The van der Waals surface area contributed by atoms with Gasteiger partial charge in [-0.1, -0.05) is 0 Å². The molecule has 14 heavy (non-hydrogen) atoms. The Hall–Kier alpha value is -0.870. The number of hydrogen-bond acceptors (Lipinski definition) is 3. The van der Waals surface area contributed by atoms with Gasteiger partial charge in [0, 0.05) is 24.8 Å². The Kier molecular flexibility index (Phi) is 2.84. The van der Waals surface area contributed by atoms with Gasteiger partial charge in [0.15, 0.2) is 0 Å². The summed E-state index contributed by atoms with van der Waals surface area (Å²) < 4.78 is 1.72. The molecule has 1 aliphatic heterocycles. The fraction of sp³-hybridized carbons (Fsp3) is 0.700. The van der Waals surface area contributed by atoms with Gasteiger partial charge in [-0.05, 0) is 25.8 Å². The van der Waals surface area contributed by atoms with Crippen molar-refractivity contribution in [3.63, 3.8) is 0 Å². The summed E-state index contributed by atoms with van der Waals surface area (Å²) in [6, 6.07) is 0.477. The number of hydrogen-bond donors (Lipinski definition) is 2. The van der Waals surface area contributed by atoms with E-state index in [1.807, 2.05) is 13.2 Å². The highest BCUT2D eigenvalue weighted by atomic mass is 16.3. The van der Waals surface area contributed by atoms with Crippen molar-refractivity contribution in [3.05, 3.63) is 18.0 Å². The van der Waals surface area contributed by atoms with Crippen LogP contribution in [-0.4, -0.2) is 27.5 Å². The van der Waals surface area contributed by atoms with E-state index in [-0.39, 0.29) is 6.10 Å². The first kappa shape index (κ1) is 9.68. The highest BCUT2D eigenvalue weighted by Crippen LogP contribution is 2.21. The summed E-state index contributed by atoms with van der Waals surface area (Å²) in [5.41, 5.74) is 0.918. The van der Waals surface area contributed by atoms with Crippen LogP contribution in [0.2, 0.25) is 0 Å². The van der Waals surface area contributed by atoms with Gasteiger partial charge in [0.1, 0.15) is 0 Å². The van der Waals surface area contributed by atoms with E-state index in [9.17, 15) is 5.11 Å². The van der Waals surface area contributed by atoms with Gasteiger partial charge in [-0.3, -0.25) is 4.68 Å². The van der Waals surface area contributed by atoms with Gasteiger partial charge in [0.25, 0.3) is 0 Å². The van der Waals surface area contributed by atoms with Crippen LogP contribution in [0.1, 0.15) is 30.9 Å². The molecule has 2 unspecified atom stereocenters. The van der Waals surface area contributed by atoms with E-state index in [2.05, 4.69) is 10.4 Å². The van der Waals surface area contributed by atoms with Crippen molar-refractivity contribution in [2.45, 2.75) is 31.4 Å². The molecular weight excluding hydrogens is 178 g/mol. The minimum absolute atomic E-state index is 0.376. The van der Waals surface area contributed by atoms with Crippen LogP contribution in [0.15, 0.2) is 12.4 Å². The molecule has 1 aromatic heterocycles. The van der Waals surface area contributed by atoms with Gasteiger partial charge in [0.2, 0.25) is 0 Å². The molecule has 0 radical (unpaired) electrons. The monoisotopic (exact) mass is 195 g/mol. The molecule has 1 saturated heterocycles. The highest BCUT2D eigenvalue weighted by molar-refractivity contribution is 5.08. The number of nitrogens with one attached hydrogen (secondary N) is 1. The van der Waals surface area contributed by atoms with Gasteiger partial charge >= 0.3 is 0 Å². The van der Waals surface area contributed by atoms with E-state index in [1.54, 1.807) is 10.9 Å². The second-order valence-electron chi connectivity index (χ2n) is 3.99. The molecule has 78 valence electrons. The Morgan fingerprint density at radius 2 is 2.64 bits per heavy atom. The number of aryl methyl sites for hydroxylation is 1. The first-order valence-electron chi connectivity index (χ1n) is 5.15. The van der Waals surface area contributed by atoms with E-state index in [0.717, 1.165) is 18.5 Å². The van der Waals surface area contributed by atoms with Gasteiger partial charge in [-0.2, -0.15) is 5.10 Å². The third-order valence-electron chi connectivity index (χ3n) is 2.78. The fourth-order valence-electron chi connectivity index (χ4n) is 1.98. The van der Waals surface area contributed by atoms with Crippen molar-refractivity contribution in [1.29, 1.82) is 0 Å². The van der Waals surface area contributed by atoms with Crippen molar-refractivity contribution < 1.29 is 5.11 Å². The number of nitrogens with zero attached hydrogens (tertiary/aromatic N) is 2. The predicted molar refractivity (Wildman–Crippen MR) is 53.8 cm³/mol. The molecule has 2 rings (SSSR count). The Balaban J connectivity index is 1.91. The van der Waals surface area contributed by atoms with Crippen LogP contribution in [0.25, 0.3) is 0 Å². The van der Waals surface area contributed by atoms with E-state index in [0.29, 0.717) is 6.04 Å². The first-order chi connectivity index (χ1) is 6.75. The second kappa shape index (κ2) is 4.11. The molecule has 0 bridgehead atoms. The molecule has 1 aromatic rings. The van der Waals surface area contributed by atoms with Crippen LogP contribution in [0.5, 0.6) is 0 Å². The lowest BCUT2D eigenvalue weighted by molar-refractivity contribution is 0.154. The Bertz CT molecular complexity index is 291. The summed E-state index contributed by atoms with van der Waals surface area (Å²) in [4.78, 5) is 0. The average Bonchev–Trinajstić information content (AvgIpc) is 2.75. The van der Waals surface area contributed by atoms with Crippen LogP contribution >= 0.6 is 0 Å². The molecule has 0 aliphatic carbocycles. The standard InChI is InChI=1S/C10H17N3O/c1-13-7-8(6-12-13)10(14)5-9-3-2-4-11-9/h6-7,9-11,14H,2-5H2,1H3. The largest absolute Gasteiger partial charge is 0.388 e. The van der Waals surface area contributed by atoms with E-state index in [4.69, 9.17) is 0 Å². The number of rotatable bonds is 3. The molecule has 4 heteroatoms. The predicted octanol–water partition coefficient (Wildman–Crippen LogP) is 0.596. The summed E-state index contributed by atoms with van der Waals surface area (Å²) >= 11 is 0. The maximum atomic E-state index is 9.90. The lowest BCUT2D eigenvalue weighted by Gasteiger charge is -2.14. The van der Waals surface area contributed by atoms with E-state index in [1.165, 1.54) is 12.8 Å². The van der Waals surface area contributed by atoms with Gasteiger partial charge in [-0.15, -0.1) is 0 Å². The summed E-state index contributed by atoms with van der Waals surface area (Å²) in [7, 11) is 1.87. The molecular formula is C10H17N3O. The maximum absolute atomic E-state index is 9.90. The summed E-state index contributed by atoms with van der Waals surface area (Å²) in [5, 5.41) is 17.3. The topological polar surface area (TPSA) is 50.1 Å². The summed E-state index contributed by atoms with van der Waals surface area (Å²) in [6.45, 7) is 1.09. The fourth-order valence-corrected chi connectivity index (χ4v) is 1.98. The normalized spacial score (nSPS) is 24.0. The van der Waals surface area contributed by atoms with E-state index < -0.39 is 0 Å².